The lowest BCUT2D eigenvalue weighted by atomic mass is 10.1. The van der Waals surface area contributed by atoms with E-state index in [0.29, 0.717) is 5.56 Å². The summed E-state index contributed by atoms with van der Waals surface area (Å²) in [7, 11) is 0. The standard InChI is InChI=1S/C26H24F3N3O5/c1-2-19(23(34)26(27,28)29)30-22(33)15-32-21(18-11-7-4-8-12-18)14-13-20(24(32)35)31-25(36)37-16-17-9-5-3-6-10-17/h3-14,19H,2,15-16H2,1H3,(H,30,33)(H,31,36). The highest BCUT2D eigenvalue weighted by Crippen LogP contribution is 2.21. The van der Waals surface area contributed by atoms with Crippen molar-refractivity contribution in [3.63, 3.8) is 0 Å². The normalized spacial score (nSPS) is 11.9. The summed E-state index contributed by atoms with van der Waals surface area (Å²) in [6.07, 6.45) is -6.32. The van der Waals surface area contributed by atoms with Gasteiger partial charge < -0.3 is 10.1 Å². The summed E-state index contributed by atoms with van der Waals surface area (Å²) in [4.78, 5) is 49.7. The highest BCUT2D eigenvalue weighted by Gasteiger charge is 2.43. The topological polar surface area (TPSA) is 106 Å². The SMILES string of the molecule is CCC(NC(=O)Cn1c(-c2ccccc2)ccc(NC(=O)OCc2ccccc2)c1=O)C(=O)C(F)(F)F. The molecule has 0 aliphatic carbocycles. The molecule has 0 aliphatic heterocycles. The summed E-state index contributed by atoms with van der Waals surface area (Å²) in [6.45, 7) is 0.581. The Labute approximate surface area is 210 Å². The number of halogens is 3. The fourth-order valence-corrected chi connectivity index (χ4v) is 3.49. The lowest BCUT2D eigenvalue weighted by Crippen LogP contribution is -2.47. The summed E-state index contributed by atoms with van der Waals surface area (Å²) in [6, 6.07) is 18.4. The van der Waals surface area contributed by atoms with Crippen LogP contribution in [0.15, 0.2) is 77.6 Å². The van der Waals surface area contributed by atoms with Crippen LogP contribution in [0.3, 0.4) is 0 Å². The quantitative estimate of drug-likeness (QED) is 0.442. The second kappa shape index (κ2) is 12.0. The van der Waals surface area contributed by atoms with Crippen molar-refractivity contribution >= 4 is 23.5 Å². The Morgan fingerprint density at radius 1 is 0.946 bits per heavy atom. The second-order valence-corrected chi connectivity index (χ2v) is 7.97. The molecule has 8 nitrogen and oxygen atoms in total. The highest BCUT2D eigenvalue weighted by atomic mass is 19.4. The lowest BCUT2D eigenvalue weighted by Gasteiger charge is -2.19. The first-order valence-corrected chi connectivity index (χ1v) is 11.3. The third kappa shape index (κ3) is 7.29. The Balaban J connectivity index is 1.85. The molecule has 37 heavy (non-hydrogen) atoms. The number of carbonyl (C=O) groups excluding carboxylic acids is 3. The number of alkyl halides is 3. The van der Waals surface area contributed by atoms with Gasteiger partial charge >= 0.3 is 12.3 Å². The number of pyridine rings is 1. The lowest BCUT2D eigenvalue weighted by molar-refractivity contribution is -0.173. The van der Waals surface area contributed by atoms with E-state index in [1.807, 2.05) is 5.32 Å². The molecule has 3 rings (SSSR count). The predicted molar refractivity (Wildman–Crippen MR) is 130 cm³/mol. The van der Waals surface area contributed by atoms with Crippen molar-refractivity contribution in [1.82, 2.24) is 9.88 Å². The number of amides is 2. The van der Waals surface area contributed by atoms with Crippen molar-refractivity contribution in [3.05, 3.63) is 88.7 Å². The second-order valence-electron chi connectivity index (χ2n) is 7.97. The van der Waals surface area contributed by atoms with E-state index in [0.717, 1.165) is 10.1 Å². The molecular weight excluding hydrogens is 491 g/mol. The molecule has 2 amide bonds. The van der Waals surface area contributed by atoms with Crippen molar-refractivity contribution in [3.8, 4) is 11.3 Å². The Kier molecular flexibility index (Phi) is 8.83. The largest absolute Gasteiger partial charge is 0.452 e. The monoisotopic (exact) mass is 515 g/mol. The number of Topliss-reactive ketones (excluding diaryl/α,β-unsaturated/α-hetero) is 1. The number of ketones is 1. The van der Waals surface area contributed by atoms with Gasteiger partial charge in [-0.2, -0.15) is 13.2 Å². The third-order valence-corrected chi connectivity index (χ3v) is 5.33. The van der Waals surface area contributed by atoms with Crippen LogP contribution in [0.25, 0.3) is 11.3 Å². The van der Waals surface area contributed by atoms with Crippen LogP contribution >= 0.6 is 0 Å². The van der Waals surface area contributed by atoms with E-state index in [2.05, 4.69) is 5.32 Å². The highest BCUT2D eigenvalue weighted by molar-refractivity contribution is 5.92. The van der Waals surface area contributed by atoms with Gasteiger partial charge in [0.2, 0.25) is 5.91 Å². The van der Waals surface area contributed by atoms with E-state index in [4.69, 9.17) is 4.74 Å². The Hall–Kier alpha value is -4.41. The number of anilines is 1. The summed E-state index contributed by atoms with van der Waals surface area (Å²) < 4.78 is 44.7. The number of benzene rings is 2. The predicted octanol–water partition coefficient (Wildman–Crippen LogP) is 4.29. The minimum Gasteiger partial charge on any atom is -0.444 e. The minimum atomic E-state index is -5.12. The molecular formula is C26H24F3N3O5. The van der Waals surface area contributed by atoms with E-state index < -0.39 is 42.1 Å². The molecule has 3 aromatic rings. The molecule has 0 spiro atoms. The van der Waals surface area contributed by atoms with Crippen molar-refractivity contribution < 1.29 is 32.3 Å². The molecule has 0 bridgehead atoms. The van der Waals surface area contributed by atoms with Crippen molar-refractivity contribution in [2.24, 2.45) is 0 Å². The zero-order valence-corrected chi connectivity index (χ0v) is 19.7. The van der Waals surface area contributed by atoms with Crippen LogP contribution < -0.4 is 16.2 Å². The fraction of sp³-hybridized carbons (Fsp3) is 0.231. The number of nitrogens with one attached hydrogen (secondary N) is 2. The van der Waals surface area contributed by atoms with Crippen LogP contribution in [0.1, 0.15) is 18.9 Å². The zero-order valence-electron chi connectivity index (χ0n) is 19.7. The van der Waals surface area contributed by atoms with Crippen LogP contribution in [0.2, 0.25) is 0 Å². The van der Waals surface area contributed by atoms with Gasteiger partial charge in [0.15, 0.2) is 0 Å². The van der Waals surface area contributed by atoms with Gasteiger partial charge in [0.1, 0.15) is 18.8 Å². The molecule has 0 saturated carbocycles. The first kappa shape index (κ1) is 27.2. The molecule has 0 radical (unpaired) electrons. The molecule has 2 N–H and O–H groups in total. The smallest absolute Gasteiger partial charge is 0.444 e. The Morgan fingerprint density at radius 3 is 2.16 bits per heavy atom. The molecule has 0 aliphatic rings. The van der Waals surface area contributed by atoms with E-state index in [9.17, 15) is 32.3 Å². The van der Waals surface area contributed by atoms with E-state index in [-0.39, 0.29) is 24.4 Å². The Morgan fingerprint density at radius 2 is 1.57 bits per heavy atom. The number of nitrogens with zero attached hydrogens (tertiary/aromatic N) is 1. The van der Waals surface area contributed by atoms with E-state index in [1.54, 1.807) is 60.7 Å². The summed E-state index contributed by atoms with van der Waals surface area (Å²) in [5, 5.41) is 4.38. The number of hydrogen-bond donors (Lipinski definition) is 2. The number of carbonyl (C=O) groups is 3. The summed E-state index contributed by atoms with van der Waals surface area (Å²) >= 11 is 0. The molecule has 0 saturated heterocycles. The third-order valence-electron chi connectivity index (χ3n) is 5.33. The maximum atomic E-state index is 13.2. The van der Waals surface area contributed by atoms with Crippen molar-refractivity contribution in [2.75, 3.05) is 5.32 Å². The van der Waals surface area contributed by atoms with Crippen molar-refractivity contribution in [2.45, 2.75) is 38.7 Å². The molecule has 1 atom stereocenters. The van der Waals surface area contributed by atoms with Gasteiger partial charge in [0.25, 0.3) is 11.3 Å². The number of aromatic nitrogens is 1. The van der Waals surface area contributed by atoms with Gasteiger partial charge in [-0.3, -0.25) is 24.3 Å². The zero-order chi connectivity index (χ0) is 27.0. The molecule has 0 fully saturated rings. The van der Waals surface area contributed by atoms with Crippen LogP contribution in [0, 0.1) is 0 Å². The van der Waals surface area contributed by atoms with E-state index >= 15 is 0 Å². The first-order chi connectivity index (χ1) is 17.6. The van der Waals surface area contributed by atoms with Gasteiger partial charge in [0, 0.05) is 0 Å². The average molecular weight is 515 g/mol. The molecule has 11 heteroatoms. The minimum absolute atomic E-state index is 0.0446. The number of hydrogen-bond acceptors (Lipinski definition) is 5. The van der Waals surface area contributed by atoms with Gasteiger partial charge in [0.05, 0.1) is 11.7 Å². The Bertz CT molecular complexity index is 1310. The van der Waals surface area contributed by atoms with Crippen LogP contribution in [-0.4, -0.2) is 34.6 Å². The maximum absolute atomic E-state index is 13.2. The molecule has 1 heterocycles. The molecule has 194 valence electrons. The summed E-state index contributed by atoms with van der Waals surface area (Å²) in [5.74, 6) is -3.07. The van der Waals surface area contributed by atoms with Crippen molar-refractivity contribution in [1.29, 1.82) is 0 Å². The fourth-order valence-electron chi connectivity index (χ4n) is 3.49. The maximum Gasteiger partial charge on any atom is 0.452 e. The van der Waals surface area contributed by atoms with Crippen LogP contribution in [-0.2, 0) is 27.5 Å². The first-order valence-electron chi connectivity index (χ1n) is 11.3. The number of ether oxygens (including phenoxy) is 1. The molecule has 1 aromatic heterocycles. The molecule has 1 unspecified atom stereocenters. The molecule has 2 aromatic carbocycles. The average Bonchev–Trinajstić information content (AvgIpc) is 2.88. The summed E-state index contributed by atoms with van der Waals surface area (Å²) in [5.41, 5.74) is 0.556. The van der Waals surface area contributed by atoms with Gasteiger partial charge in [-0.1, -0.05) is 67.6 Å². The van der Waals surface area contributed by atoms with E-state index in [1.165, 1.54) is 19.1 Å². The van der Waals surface area contributed by atoms with Crippen LogP contribution in [0.5, 0.6) is 0 Å². The van der Waals surface area contributed by atoms with Gasteiger partial charge in [-0.25, -0.2) is 4.79 Å². The van der Waals surface area contributed by atoms with Gasteiger partial charge in [-0.15, -0.1) is 0 Å². The van der Waals surface area contributed by atoms with Gasteiger partial charge in [-0.05, 0) is 29.7 Å². The number of rotatable bonds is 9. The van der Waals surface area contributed by atoms with Crippen LogP contribution in [0.4, 0.5) is 23.7 Å².